The Morgan fingerprint density at radius 3 is 2.49 bits per heavy atom. The standard InChI is InChI=1S/C33H40N2O4/c1-6-7-21-38-32-31(39-22-20-25(4)13-11-12-24(2)3)28-18-17-27(23-29(28)35(5)33(32)37)34-30(36)19-16-26-14-9-8-10-15-26/h8-10,12,14-20,23H,6-7,11,13,21-22H2,1-5H3,(H,34,36). The molecule has 0 bridgehead atoms. The SMILES string of the molecule is CCCCOc1c(OCC=C(C)CCC=C(C)C)c2ccc(NC(=O)C=Cc3ccccc3)cc2n(C)c1=O. The Balaban J connectivity index is 1.88. The summed E-state index contributed by atoms with van der Waals surface area (Å²) in [5, 5.41) is 3.63. The van der Waals surface area contributed by atoms with Gasteiger partial charge in [-0.15, -0.1) is 0 Å². The number of hydrogen-bond donors (Lipinski definition) is 1. The van der Waals surface area contributed by atoms with Crippen molar-refractivity contribution in [2.75, 3.05) is 18.5 Å². The Bertz CT molecular complexity index is 1410. The number of ether oxygens (including phenoxy) is 2. The van der Waals surface area contributed by atoms with Crippen LogP contribution in [-0.4, -0.2) is 23.7 Å². The van der Waals surface area contributed by atoms with E-state index in [2.05, 4.69) is 39.1 Å². The zero-order valence-electron chi connectivity index (χ0n) is 23.8. The van der Waals surface area contributed by atoms with Gasteiger partial charge in [-0.3, -0.25) is 9.59 Å². The summed E-state index contributed by atoms with van der Waals surface area (Å²) in [5.41, 5.74) is 4.43. The number of fused-ring (bicyclic) bond motifs is 1. The Labute approximate surface area is 231 Å². The molecule has 0 saturated heterocycles. The number of nitrogens with zero attached hydrogens (tertiary/aromatic N) is 1. The van der Waals surface area contributed by atoms with E-state index in [-0.39, 0.29) is 17.2 Å². The molecule has 0 spiro atoms. The van der Waals surface area contributed by atoms with E-state index >= 15 is 0 Å². The zero-order valence-corrected chi connectivity index (χ0v) is 23.8. The molecule has 1 N–H and O–H groups in total. The number of anilines is 1. The molecule has 0 atom stereocenters. The minimum absolute atomic E-state index is 0.219. The van der Waals surface area contributed by atoms with Crippen molar-refractivity contribution in [1.29, 1.82) is 0 Å². The maximum atomic E-state index is 13.3. The van der Waals surface area contributed by atoms with Gasteiger partial charge < -0.3 is 19.4 Å². The van der Waals surface area contributed by atoms with Crippen LogP contribution in [0.1, 0.15) is 58.9 Å². The smallest absolute Gasteiger partial charge is 0.297 e. The van der Waals surface area contributed by atoms with Crippen LogP contribution in [0.2, 0.25) is 0 Å². The van der Waals surface area contributed by atoms with Gasteiger partial charge >= 0.3 is 0 Å². The van der Waals surface area contributed by atoms with Crippen molar-refractivity contribution in [3.8, 4) is 11.5 Å². The van der Waals surface area contributed by atoms with E-state index in [1.807, 2.05) is 48.5 Å². The molecule has 3 aromatic rings. The van der Waals surface area contributed by atoms with Gasteiger partial charge in [0.15, 0.2) is 5.75 Å². The molecule has 1 aromatic heterocycles. The maximum absolute atomic E-state index is 13.3. The van der Waals surface area contributed by atoms with Crippen molar-refractivity contribution in [2.45, 2.75) is 53.4 Å². The number of carbonyl (C=O) groups is 1. The molecule has 0 saturated carbocycles. The number of hydrogen-bond acceptors (Lipinski definition) is 4. The summed E-state index contributed by atoms with van der Waals surface area (Å²) in [5.74, 6) is 0.393. The lowest BCUT2D eigenvalue weighted by atomic mass is 10.1. The average Bonchev–Trinajstić information content (AvgIpc) is 2.92. The number of amides is 1. The summed E-state index contributed by atoms with van der Waals surface area (Å²) in [4.78, 5) is 25.9. The highest BCUT2D eigenvalue weighted by Gasteiger charge is 2.19. The molecule has 1 heterocycles. The molecule has 0 aliphatic carbocycles. The summed E-state index contributed by atoms with van der Waals surface area (Å²) in [6, 6.07) is 15.1. The van der Waals surface area contributed by atoms with E-state index in [9.17, 15) is 9.59 Å². The first-order chi connectivity index (χ1) is 18.8. The molecule has 6 nitrogen and oxygen atoms in total. The second kappa shape index (κ2) is 14.8. The minimum atomic E-state index is -0.273. The Morgan fingerprint density at radius 1 is 1.00 bits per heavy atom. The zero-order chi connectivity index (χ0) is 28.2. The Hall–Kier alpha value is -4.06. The van der Waals surface area contributed by atoms with Crippen LogP contribution in [0, 0.1) is 0 Å². The van der Waals surface area contributed by atoms with E-state index in [4.69, 9.17) is 9.47 Å². The van der Waals surface area contributed by atoms with Gasteiger partial charge in [-0.25, -0.2) is 0 Å². The third kappa shape index (κ3) is 8.74. The van der Waals surface area contributed by atoms with Crippen LogP contribution >= 0.6 is 0 Å². The lowest BCUT2D eigenvalue weighted by Gasteiger charge is -2.17. The van der Waals surface area contributed by atoms with Crippen molar-refractivity contribution in [3.05, 3.63) is 93.8 Å². The topological polar surface area (TPSA) is 69.6 Å². The molecule has 3 rings (SSSR count). The largest absolute Gasteiger partial charge is 0.485 e. The number of aromatic nitrogens is 1. The normalized spacial score (nSPS) is 11.6. The highest BCUT2D eigenvalue weighted by Crippen LogP contribution is 2.34. The van der Waals surface area contributed by atoms with Gasteiger partial charge in [-0.05, 0) is 75.9 Å². The first-order valence-electron chi connectivity index (χ1n) is 13.6. The fourth-order valence-electron chi connectivity index (χ4n) is 4.03. The van der Waals surface area contributed by atoms with Crippen LogP contribution in [0.25, 0.3) is 17.0 Å². The van der Waals surface area contributed by atoms with Gasteiger partial charge in [0.25, 0.3) is 5.56 Å². The van der Waals surface area contributed by atoms with Crippen molar-refractivity contribution >= 4 is 28.6 Å². The Kier molecular flexibility index (Phi) is 11.2. The molecule has 2 aromatic carbocycles. The summed E-state index contributed by atoms with van der Waals surface area (Å²) in [6.07, 6.45) is 11.3. The molecular weight excluding hydrogens is 488 g/mol. The Morgan fingerprint density at radius 2 is 1.77 bits per heavy atom. The number of rotatable bonds is 13. The van der Waals surface area contributed by atoms with Gasteiger partial charge in [-0.2, -0.15) is 0 Å². The predicted octanol–water partition coefficient (Wildman–Crippen LogP) is 7.44. The van der Waals surface area contributed by atoms with Gasteiger partial charge in [0.2, 0.25) is 11.7 Å². The van der Waals surface area contributed by atoms with Crippen LogP contribution in [-0.2, 0) is 11.8 Å². The third-order valence-electron chi connectivity index (χ3n) is 6.30. The number of allylic oxidation sites excluding steroid dienone is 3. The van der Waals surface area contributed by atoms with E-state index < -0.39 is 0 Å². The number of unbranched alkanes of at least 4 members (excludes halogenated alkanes) is 1. The number of nitrogens with one attached hydrogen (secondary N) is 1. The van der Waals surface area contributed by atoms with Crippen LogP contribution in [0.15, 0.2) is 82.7 Å². The highest BCUT2D eigenvalue weighted by atomic mass is 16.5. The lowest BCUT2D eigenvalue weighted by Crippen LogP contribution is -2.22. The monoisotopic (exact) mass is 528 g/mol. The van der Waals surface area contributed by atoms with Crippen LogP contribution in [0.5, 0.6) is 11.5 Å². The number of carbonyl (C=O) groups excluding carboxylic acids is 1. The molecule has 0 fully saturated rings. The second-order valence-corrected chi connectivity index (χ2v) is 9.87. The van der Waals surface area contributed by atoms with Crippen LogP contribution in [0.4, 0.5) is 5.69 Å². The molecule has 1 amide bonds. The first-order valence-corrected chi connectivity index (χ1v) is 13.6. The molecule has 206 valence electrons. The molecule has 0 aliphatic rings. The fraction of sp³-hybridized carbons (Fsp3) is 0.333. The maximum Gasteiger partial charge on any atom is 0.297 e. The summed E-state index contributed by atoms with van der Waals surface area (Å²) < 4.78 is 13.7. The number of pyridine rings is 1. The van der Waals surface area contributed by atoms with Crippen molar-refractivity contribution in [3.63, 3.8) is 0 Å². The van der Waals surface area contributed by atoms with Gasteiger partial charge in [0.1, 0.15) is 6.61 Å². The summed E-state index contributed by atoms with van der Waals surface area (Å²) >= 11 is 0. The third-order valence-corrected chi connectivity index (χ3v) is 6.30. The predicted molar refractivity (Wildman–Crippen MR) is 162 cm³/mol. The van der Waals surface area contributed by atoms with Crippen molar-refractivity contribution in [2.24, 2.45) is 7.05 Å². The number of aryl methyl sites for hydroxylation is 1. The first kappa shape index (κ1) is 29.5. The highest BCUT2D eigenvalue weighted by molar-refractivity contribution is 6.03. The molecular formula is C33H40N2O4. The van der Waals surface area contributed by atoms with Crippen LogP contribution < -0.4 is 20.3 Å². The molecule has 0 radical (unpaired) electrons. The molecule has 0 unspecified atom stereocenters. The average molecular weight is 529 g/mol. The molecule has 6 heteroatoms. The second-order valence-electron chi connectivity index (χ2n) is 9.87. The van der Waals surface area contributed by atoms with E-state index in [1.165, 1.54) is 17.2 Å². The van der Waals surface area contributed by atoms with Crippen molar-refractivity contribution < 1.29 is 14.3 Å². The molecule has 39 heavy (non-hydrogen) atoms. The lowest BCUT2D eigenvalue weighted by molar-refractivity contribution is -0.111. The van der Waals surface area contributed by atoms with Gasteiger partial charge in [0.05, 0.1) is 12.1 Å². The summed E-state index contributed by atoms with van der Waals surface area (Å²) in [6.45, 7) is 9.13. The van der Waals surface area contributed by atoms with Crippen LogP contribution in [0.3, 0.4) is 0 Å². The van der Waals surface area contributed by atoms with E-state index in [1.54, 1.807) is 23.8 Å². The summed E-state index contributed by atoms with van der Waals surface area (Å²) in [7, 11) is 1.70. The molecule has 0 aliphatic heterocycles. The van der Waals surface area contributed by atoms with Gasteiger partial charge in [-0.1, -0.05) is 60.9 Å². The van der Waals surface area contributed by atoms with E-state index in [0.717, 1.165) is 36.6 Å². The number of benzene rings is 2. The minimum Gasteiger partial charge on any atom is -0.485 e. The van der Waals surface area contributed by atoms with Crippen molar-refractivity contribution in [1.82, 2.24) is 4.57 Å². The fourth-order valence-corrected chi connectivity index (χ4v) is 4.03. The van der Waals surface area contributed by atoms with E-state index in [0.29, 0.717) is 30.2 Å². The quantitative estimate of drug-likeness (QED) is 0.142. The van der Waals surface area contributed by atoms with Gasteiger partial charge in [0, 0.05) is 24.2 Å².